The Balaban J connectivity index is 0.000000251. The Morgan fingerprint density at radius 1 is 0.960 bits per heavy atom. The van der Waals surface area contributed by atoms with Gasteiger partial charge in [0.05, 0.1) is 22.7 Å². The van der Waals surface area contributed by atoms with Gasteiger partial charge in [0.2, 0.25) is 0 Å². The zero-order chi connectivity index (χ0) is 19.3. The maximum atomic E-state index is 11.1. The normalized spacial score (nSPS) is 9.80. The number of aromatic hydroxyl groups is 2. The van der Waals surface area contributed by atoms with Crippen LogP contribution in [-0.2, 0) is 4.74 Å². The highest BCUT2D eigenvalue weighted by Gasteiger charge is 2.13. The molecule has 0 atom stereocenters. The van der Waals surface area contributed by atoms with Crippen molar-refractivity contribution in [3.05, 3.63) is 54.4 Å². The number of halogens is 4. The lowest BCUT2D eigenvalue weighted by molar-refractivity contribution is 0.0597. The van der Waals surface area contributed by atoms with Gasteiger partial charge in [-0.15, -0.1) is 0 Å². The highest BCUT2D eigenvalue weighted by Crippen LogP contribution is 2.31. The van der Waals surface area contributed by atoms with Crippen LogP contribution < -0.4 is 5.73 Å². The van der Waals surface area contributed by atoms with Crippen molar-refractivity contribution in [1.29, 1.82) is 0 Å². The maximum absolute atomic E-state index is 11.1. The number of phenols is 2. The van der Waals surface area contributed by atoms with Crippen molar-refractivity contribution >= 4 is 66.9 Å². The first kappa shape index (κ1) is 21.6. The molecule has 2 aromatic carbocycles. The molecule has 25 heavy (non-hydrogen) atoms. The monoisotopic (exact) mass is 513 g/mol. The Morgan fingerprint density at radius 2 is 1.36 bits per heavy atom. The summed E-state index contributed by atoms with van der Waals surface area (Å²) < 4.78 is 5.51. The fourth-order valence-corrected chi connectivity index (χ4v) is 2.55. The second-order valence-electron chi connectivity index (χ2n) is 4.42. The zero-order valence-corrected chi connectivity index (χ0v) is 17.2. The molecule has 0 fully saturated rings. The van der Waals surface area contributed by atoms with Crippen molar-refractivity contribution < 1.29 is 24.5 Å². The summed E-state index contributed by atoms with van der Waals surface area (Å²) in [5.74, 6) is -1.70. The number of rotatable bonds is 2. The van der Waals surface area contributed by atoms with Gasteiger partial charge in [0.15, 0.2) is 0 Å². The van der Waals surface area contributed by atoms with Crippen LogP contribution in [-0.4, -0.2) is 29.2 Å². The largest absolute Gasteiger partial charge is 0.507 e. The van der Waals surface area contributed by atoms with Gasteiger partial charge in [-0.25, -0.2) is 4.79 Å². The van der Waals surface area contributed by atoms with Gasteiger partial charge in [0, 0.05) is 21.1 Å². The Kier molecular flexibility index (Phi) is 8.01. The standard InChI is InChI=1S/C8H6BrClO3.C7H5BrClNO2/c1-13-8(12)4-2-5(9)6(10)3-7(4)11;8-4-1-3(7(10)12)6(11)2-5(4)9/h2-3,11H,1H3;1-2,11H,(H2,10,12). The van der Waals surface area contributed by atoms with Crippen molar-refractivity contribution in [2.24, 2.45) is 5.73 Å². The summed E-state index contributed by atoms with van der Waals surface area (Å²) in [5.41, 5.74) is 5.10. The molecular formula is C15H11Br2Cl2NO5. The molecule has 0 aromatic heterocycles. The molecule has 0 unspecified atom stereocenters. The molecule has 0 saturated carbocycles. The number of carbonyl (C=O) groups is 2. The topological polar surface area (TPSA) is 110 Å². The third-order valence-electron chi connectivity index (χ3n) is 2.75. The second-order valence-corrected chi connectivity index (χ2v) is 6.95. The van der Waals surface area contributed by atoms with E-state index in [0.717, 1.165) is 0 Å². The molecule has 4 N–H and O–H groups in total. The molecular weight excluding hydrogens is 505 g/mol. The van der Waals surface area contributed by atoms with Gasteiger partial charge in [-0.3, -0.25) is 4.79 Å². The van der Waals surface area contributed by atoms with Gasteiger partial charge in [-0.1, -0.05) is 23.2 Å². The highest BCUT2D eigenvalue weighted by atomic mass is 79.9. The summed E-state index contributed by atoms with van der Waals surface area (Å²) in [4.78, 5) is 21.7. The van der Waals surface area contributed by atoms with Crippen LogP contribution in [0.3, 0.4) is 0 Å². The fourth-order valence-electron chi connectivity index (χ4n) is 1.54. The molecule has 2 rings (SSSR count). The van der Waals surface area contributed by atoms with E-state index < -0.39 is 11.9 Å². The van der Waals surface area contributed by atoms with Crippen LogP contribution >= 0.6 is 55.1 Å². The molecule has 0 bridgehead atoms. The number of carbonyl (C=O) groups excluding carboxylic acids is 2. The van der Waals surface area contributed by atoms with Crippen molar-refractivity contribution in [3.8, 4) is 11.5 Å². The minimum absolute atomic E-state index is 0.0475. The van der Waals surface area contributed by atoms with Crippen molar-refractivity contribution in [2.45, 2.75) is 0 Å². The van der Waals surface area contributed by atoms with Gasteiger partial charge in [0.25, 0.3) is 5.91 Å². The summed E-state index contributed by atoms with van der Waals surface area (Å²) in [6.07, 6.45) is 0. The quantitative estimate of drug-likeness (QED) is 0.510. The summed E-state index contributed by atoms with van der Waals surface area (Å²) >= 11 is 17.5. The highest BCUT2D eigenvalue weighted by molar-refractivity contribution is 9.10. The van der Waals surface area contributed by atoms with Crippen molar-refractivity contribution in [2.75, 3.05) is 7.11 Å². The molecule has 0 radical (unpaired) electrons. The van der Waals surface area contributed by atoms with Gasteiger partial charge >= 0.3 is 5.97 Å². The van der Waals surface area contributed by atoms with Crippen LogP contribution in [0.2, 0.25) is 10.0 Å². The molecule has 0 spiro atoms. The Bertz CT molecular complexity index is 830. The number of phenolic OH excluding ortho intramolecular Hbond substituents is 1. The lowest BCUT2D eigenvalue weighted by Crippen LogP contribution is -2.11. The molecule has 0 saturated heterocycles. The van der Waals surface area contributed by atoms with Gasteiger partial charge in [-0.2, -0.15) is 0 Å². The molecule has 2 aromatic rings. The Labute approximate surface area is 169 Å². The van der Waals surface area contributed by atoms with Crippen LogP contribution in [0.15, 0.2) is 33.2 Å². The van der Waals surface area contributed by atoms with Crippen LogP contribution in [0.1, 0.15) is 20.7 Å². The van der Waals surface area contributed by atoms with E-state index in [1.165, 1.54) is 31.4 Å². The van der Waals surface area contributed by atoms with E-state index in [2.05, 4.69) is 36.6 Å². The zero-order valence-electron chi connectivity index (χ0n) is 12.5. The van der Waals surface area contributed by atoms with E-state index in [9.17, 15) is 19.8 Å². The number of amides is 1. The second kappa shape index (κ2) is 9.28. The number of hydrogen-bond acceptors (Lipinski definition) is 5. The van der Waals surface area contributed by atoms with E-state index in [0.29, 0.717) is 19.0 Å². The van der Waals surface area contributed by atoms with Gasteiger partial charge in [-0.05, 0) is 44.0 Å². The lowest BCUT2D eigenvalue weighted by Gasteiger charge is -2.04. The summed E-state index contributed by atoms with van der Waals surface area (Å²) in [5, 5.41) is 19.2. The van der Waals surface area contributed by atoms with E-state index >= 15 is 0 Å². The number of benzene rings is 2. The SMILES string of the molecule is COC(=O)c1cc(Br)c(Cl)cc1O.NC(=O)c1cc(Br)c(Cl)cc1O. The summed E-state index contributed by atoms with van der Waals surface area (Å²) in [6.45, 7) is 0. The molecule has 0 aliphatic heterocycles. The third kappa shape index (κ3) is 5.78. The molecule has 1 amide bonds. The average molecular weight is 516 g/mol. The summed E-state index contributed by atoms with van der Waals surface area (Å²) in [7, 11) is 1.24. The number of hydrogen-bond donors (Lipinski definition) is 3. The van der Waals surface area contributed by atoms with Crippen LogP contribution in [0, 0.1) is 0 Å². The van der Waals surface area contributed by atoms with Crippen molar-refractivity contribution in [3.63, 3.8) is 0 Å². The molecule has 134 valence electrons. The predicted octanol–water partition coefficient (Wildman–Crippen LogP) is 4.50. The first-order valence-electron chi connectivity index (χ1n) is 6.32. The first-order chi connectivity index (χ1) is 11.6. The van der Waals surface area contributed by atoms with E-state index in [1.807, 2.05) is 0 Å². The minimum Gasteiger partial charge on any atom is -0.507 e. The van der Waals surface area contributed by atoms with Crippen LogP contribution in [0.4, 0.5) is 0 Å². The third-order valence-corrected chi connectivity index (χ3v) is 5.14. The smallest absolute Gasteiger partial charge is 0.341 e. The Morgan fingerprint density at radius 3 is 1.76 bits per heavy atom. The molecule has 0 aliphatic rings. The van der Waals surface area contributed by atoms with Gasteiger partial charge in [0.1, 0.15) is 17.1 Å². The molecule has 10 heteroatoms. The van der Waals surface area contributed by atoms with E-state index in [4.69, 9.17) is 28.9 Å². The molecule has 0 aliphatic carbocycles. The number of primary amides is 1. The van der Waals surface area contributed by atoms with E-state index in [-0.39, 0.29) is 22.6 Å². The average Bonchev–Trinajstić information content (AvgIpc) is 2.54. The lowest BCUT2D eigenvalue weighted by atomic mass is 10.2. The van der Waals surface area contributed by atoms with Crippen molar-refractivity contribution in [1.82, 2.24) is 0 Å². The summed E-state index contributed by atoms with van der Waals surface area (Å²) in [6, 6.07) is 5.31. The number of esters is 1. The molecule has 6 nitrogen and oxygen atoms in total. The first-order valence-corrected chi connectivity index (χ1v) is 8.66. The van der Waals surface area contributed by atoms with Crippen LogP contribution in [0.25, 0.3) is 0 Å². The Hall–Kier alpha value is -1.48. The number of methoxy groups -OCH3 is 1. The minimum atomic E-state index is -0.690. The fraction of sp³-hybridized carbons (Fsp3) is 0.0667. The van der Waals surface area contributed by atoms with Gasteiger partial charge < -0.3 is 20.7 Å². The molecule has 0 heterocycles. The number of nitrogens with two attached hydrogens (primary N) is 1. The van der Waals surface area contributed by atoms with E-state index in [1.54, 1.807) is 0 Å². The number of ether oxygens (including phenoxy) is 1. The predicted molar refractivity (Wildman–Crippen MR) is 101 cm³/mol. The maximum Gasteiger partial charge on any atom is 0.341 e. The van der Waals surface area contributed by atoms with Crippen LogP contribution in [0.5, 0.6) is 11.5 Å².